The number of aliphatic hydroxyl groups is 2. The number of hydrogen-bond acceptors (Lipinski definition) is 4. The van der Waals surface area contributed by atoms with Crippen LogP contribution in [0, 0.1) is 5.92 Å². The molecule has 1 fully saturated rings. The van der Waals surface area contributed by atoms with Gasteiger partial charge in [-0.15, -0.1) is 0 Å². The summed E-state index contributed by atoms with van der Waals surface area (Å²) in [6, 6.07) is 5.70. The van der Waals surface area contributed by atoms with E-state index >= 15 is 0 Å². The largest absolute Gasteiger partial charge is 0.390 e. The maximum atomic E-state index is 9.66. The predicted molar refractivity (Wildman–Crippen MR) is 57.6 cm³/mol. The van der Waals surface area contributed by atoms with Crippen molar-refractivity contribution in [2.75, 3.05) is 18.0 Å². The lowest BCUT2D eigenvalue weighted by Gasteiger charge is -2.38. The summed E-state index contributed by atoms with van der Waals surface area (Å²) in [5.41, 5.74) is 0. The second-order valence-electron chi connectivity index (χ2n) is 4.13. The molecule has 4 nitrogen and oxygen atoms in total. The molecule has 0 aliphatic carbocycles. The van der Waals surface area contributed by atoms with Crippen molar-refractivity contribution in [2.24, 2.45) is 5.92 Å². The fourth-order valence-electron chi connectivity index (χ4n) is 1.97. The van der Waals surface area contributed by atoms with E-state index in [9.17, 15) is 10.2 Å². The van der Waals surface area contributed by atoms with E-state index in [1.54, 1.807) is 6.20 Å². The summed E-state index contributed by atoms with van der Waals surface area (Å²) in [4.78, 5) is 6.23. The standard InChI is InChI=1S/C11H16N2O2/c1-8-6-13(7-9(14)11(8)15)10-4-2-3-5-12-10/h2-5,8-9,11,14-15H,6-7H2,1H3/t8-,9+,11+/m0/s1. The molecule has 2 rings (SSSR count). The molecule has 82 valence electrons. The average Bonchev–Trinajstić information content (AvgIpc) is 2.26. The van der Waals surface area contributed by atoms with Crippen molar-refractivity contribution in [3.63, 3.8) is 0 Å². The second-order valence-corrected chi connectivity index (χ2v) is 4.13. The van der Waals surface area contributed by atoms with E-state index in [0.29, 0.717) is 6.54 Å². The van der Waals surface area contributed by atoms with Gasteiger partial charge in [-0.1, -0.05) is 13.0 Å². The van der Waals surface area contributed by atoms with E-state index in [-0.39, 0.29) is 5.92 Å². The van der Waals surface area contributed by atoms with Crippen LogP contribution in [0.1, 0.15) is 6.92 Å². The Morgan fingerprint density at radius 2 is 2.13 bits per heavy atom. The van der Waals surface area contributed by atoms with Gasteiger partial charge in [-0.25, -0.2) is 4.98 Å². The lowest BCUT2D eigenvalue weighted by Crippen LogP contribution is -2.51. The lowest BCUT2D eigenvalue weighted by atomic mass is 9.94. The van der Waals surface area contributed by atoms with E-state index in [0.717, 1.165) is 12.4 Å². The van der Waals surface area contributed by atoms with Crippen LogP contribution >= 0.6 is 0 Å². The third-order valence-electron chi connectivity index (χ3n) is 2.87. The van der Waals surface area contributed by atoms with Crippen LogP contribution in [-0.2, 0) is 0 Å². The Hall–Kier alpha value is -1.13. The third kappa shape index (κ3) is 2.11. The van der Waals surface area contributed by atoms with Gasteiger partial charge in [0, 0.05) is 25.2 Å². The zero-order valence-corrected chi connectivity index (χ0v) is 8.74. The molecular formula is C11H16N2O2. The van der Waals surface area contributed by atoms with Gasteiger partial charge in [0.25, 0.3) is 0 Å². The van der Waals surface area contributed by atoms with Gasteiger partial charge in [-0.2, -0.15) is 0 Å². The van der Waals surface area contributed by atoms with Gasteiger partial charge < -0.3 is 15.1 Å². The number of rotatable bonds is 1. The number of nitrogens with zero attached hydrogens (tertiary/aromatic N) is 2. The molecule has 0 aromatic carbocycles. The highest BCUT2D eigenvalue weighted by Crippen LogP contribution is 2.21. The van der Waals surface area contributed by atoms with Crippen LogP contribution in [0.15, 0.2) is 24.4 Å². The summed E-state index contributed by atoms with van der Waals surface area (Å²) >= 11 is 0. The van der Waals surface area contributed by atoms with Crippen LogP contribution in [-0.4, -0.2) is 40.5 Å². The Kier molecular flexibility index (Phi) is 2.88. The Labute approximate surface area is 89.2 Å². The molecule has 0 saturated carbocycles. The molecule has 1 aliphatic heterocycles. The van der Waals surface area contributed by atoms with Gasteiger partial charge in [0.15, 0.2) is 0 Å². The van der Waals surface area contributed by atoms with Crippen LogP contribution < -0.4 is 4.90 Å². The summed E-state index contributed by atoms with van der Waals surface area (Å²) in [6.07, 6.45) is 0.429. The van der Waals surface area contributed by atoms with Crippen molar-refractivity contribution in [1.82, 2.24) is 4.98 Å². The van der Waals surface area contributed by atoms with Gasteiger partial charge in [-0.05, 0) is 12.1 Å². The number of hydrogen-bond donors (Lipinski definition) is 2. The van der Waals surface area contributed by atoms with E-state index in [1.165, 1.54) is 0 Å². The average molecular weight is 208 g/mol. The van der Waals surface area contributed by atoms with Crippen LogP contribution in [0.5, 0.6) is 0 Å². The highest BCUT2D eigenvalue weighted by atomic mass is 16.3. The van der Waals surface area contributed by atoms with Crippen LogP contribution in [0.4, 0.5) is 5.82 Å². The minimum absolute atomic E-state index is 0.0655. The van der Waals surface area contributed by atoms with E-state index < -0.39 is 12.2 Å². The maximum absolute atomic E-state index is 9.66. The van der Waals surface area contributed by atoms with Crippen molar-refractivity contribution in [2.45, 2.75) is 19.1 Å². The molecule has 0 radical (unpaired) electrons. The molecule has 0 unspecified atom stereocenters. The summed E-state index contributed by atoms with van der Waals surface area (Å²) in [6.45, 7) is 3.11. The molecule has 1 aromatic rings. The number of pyridine rings is 1. The first-order valence-corrected chi connectivity index (χ1v) is 5.20. The van der Waals surface area contributed by atoms with E-state index in [4.69, 9.17) is 0 Å². The Morgan fingerprint density at radius 3 is 2.73 bits per heavy atom. The van der Waals surface area contributed by atoms with Gasteiger partial charge in [0.2, 0.25) is 0 Å². The fraction of sp³-hybridized carbons (Fsp3) is 0.545. The molecule has 0 bridgehead atoms. The van der Waals surface area contributed by atoms with Crippen LogP contribution in [0.2, 0.25) is 0 Å². The molecule has 1 aromatic heterocycles. The van der Waals surface area contributed by atoms with Crippen molar-refractivity contribution in [3.05, 3.63) is 24.4 Å². The summed E-state index contributed by atoms with van der Waals surface area (Å²) in [7, 11) is 0. The topological polar surface area (TPSA) is 56.6 Å². The number of piperidine rings is 1. The quantitative estimate of drug-likeness (QED) is 0.695. The van der Waals surface area contributed by atoms with Crippen molar-refractivity contribution in [3.8, 4) is 0 Å². The van der Waals surface area contributed by atoms with Crippen LogP contribution in [0.25, 0.3) is 0 Å². The van der Waals surface area contributed by atoms with E-state index in [2.05, 4.69) is 4.98 Å². The predicted octanol–water partition coefficient (Wildman–Crippen LogP) is 0.259. The first-order chi connectivity index (χ1) is 7.18. The van der Waals surface area contributed by atoms with E-state index in [1.807, 2.05) is 30.0 Å². The molecule has 1 saturated heterocycles. The Balaban J connectivity index is 2.13. The van der Waals surface area contributed by atoms with Crippen molar-refractivity contribution >= 4 is 5.82 Å². The minimum Gasteiger partial charge on any atom is -0.390 e. The van der Waals surface area contributed by atoms with Crippen molar-refractivity contribution in [1.29, 1.82) is 0 Å². The number of aromatic nitrogens is 1. The molecular weight excluding hydrogens is 192 g/mol. The highest BCUT2D eigenvalue weighted by molar-refractivity contribution is 5.38. The summed E-state index contributed by atoms with van der Waals surface area (Å²) in [5.74, 6) is 0.922. The first kappa shape index (κ1) is 10.4. The molecule has 0 amide bonds. The fourth-order valence-corrected chi connectivity index (χ4v) is 1.97. The molecule has 15 heavy (non-hydrogen) atoms. The molecule has 3 atom stereocenters. The normalized spacial score (nSPS) is 31.7. The van der Waals surface area contributed by atoms with Gasteiger partial charge in [0.05, 0.1) is 12.2 Å². The summed E-state index contributed by atoms with van der Waals surface area (Å²) < 4.78 is 0. The van der Waals surface area contributed by atoms with Crippen molar-refractivity contribution < 1.29 is 10.2 Å². The van der Waals surface area contributed by atoms with Gasteiger partial charge >= 0.3 is 0 Å². The Morgan fingerprint density at radius 1 is 1.33 bits per heavy atom. The zero-order valence-electron chi connectivity index (χ0n) is 8.74. The maximum Gasteiger partial charge on any atom is 0.128 e. The first-order valence-electron chi connectivity index (χ1n) is 5.20. The molecule has 4 heteroatoms. The third-order valence-corrected chi connectivity index (χ3v) is 2.87. The number of aliphatic hydroxyl groups excluding tert-OH is 2. The highest BCUT2D eigenvalue weighted by Gasteiger charge is 2.32. The van der Waals surface area contributed by atoms with Gasteiger partial charge in [0.1, 0.15) is 5.82 Å². The Bertz CT molecular complexity index is 306. The number of anilines is 1. The van der Waals surface area contributed by atoms with Gasteiger partial charge in [-0.3, -0.25) is 0 Å². The second kappa shape index (κ2) is 4.16. The molecule has 0 spiro atoms. The molecule has 1 aliphatic rings. The van der Waals surface area contributed by atoms with Crippen LogP contribution in [0.3, 0.4) is 0 Å². The minimum atomic E-state index is -0.684. The summed E-state index contributed by atoms with van der Waals surface area (Å²) in [5, 5.41) is 19.3. The monoisotopic (exact) mass is 208 g/mol. The smallest absolute Gasteiger partial charge is 0.128 e. The molecule has 2 heterocycles. The number of β-amino-alcohol motifs (C(OH)–C–C–N with tert-alkyl or cyclic N) is 1. The lowest BCUT2D eigenvalue weighted by molar-refractivity contribution is -0.0215. The zero-order chi connectivity index (χ0) is 10.8. The molecule has 2 N–H and O–H groups in total. The SMILES string of the molecule is C[C@H]1CN(c2ccccn2)C[C@@H](O)[C@@H]1O.